The van der Waals surface area contributed by atoms with Crippen molar-refractivity contribution in [2.24, 2.45) is 4.99 Å². The van der Waals surface area contributed by atoms with E-state index in [0.717, 1.165) is 49.7 Å². The van der Waals surface area contributed by atoms with E-state index in [1.165, 1.54) is 0 Å². The maximum Gasteiger partial charge on any atom is 0.208 e. The predicted molar refractivity (Wildman–Crippen MR) is 115 cm³/mol. The molecule has 8 nitrogen and oxygen atoms in total. The third kappa shape index (κ3) is 7.37. The molecule has 0 radical (unpaired) electrons. The minimum absolute atomic E-state index is 0.246. The molecule has 3 N–H and O–H groups in total. The second kappa shape index (κ2) is 10.7. The lowest BCUT2D eigenvalue weighted by Crippen LogP contribution is -2.44. The lowest BCUT2D eigenvalue weighted by Gasteiger charge is -2.22. The normalized spacial score (nSPS) is 17.6. The molecule has 0 aliphatic carbocycles. The van der Waals surface area contributed by atoms with Crippen LogP contribution in [0.25, 0.3) is 0 Å². The first kappa shape index (κ1) is 22.6. The lowest BCUT2D eigenvalue weighted by molar-refractivity contribution is 0.415. The third-order valence-corrected chi connectivity index (χ3v) is 5.29. The number of anilines is 1. The molecule has 1 heterocycles. The van der Waals surface area contributed by atoms with Crippen molar-refractivity contribution in [3.8, 4) is 5.75 Å². The Kier molecular flexibility index (Phi) is 8.65. The monoisotopic (exact) mass is 431 g/mol. The van der Waals surface area contributed by atoms with Crippen LogP contribution in [0.1, 0.15) is 19.8 Å². The van der Waals surface area contributed by atoms with Crippen molar-refractivity contribution in [2.45, 2.75) is 25.8 Å². The number of ether oxygens (including phenoxy) is 1. The molecule has 1 aliphatic heterocycles. The first-order valence-electron chi connectivity index (χ1n) is 9.40. The number of nitrogens with zero attached hydrogens (tertiary/aromatic N) is 2. The van der Waals surface area contributed by atoms with Crippen molar-refractivity contribution in [3.05, 3.63) is 23.2 Å². The van der Waals surface area contributed by atoms with Gasteiger partial charge in [0.2, 0.25) is 10.0 Å². The zero-order valence-corrected chi connectivity index (χ0v) is 18.2. The number of nitrogens with one attached hydrogen (secondary N) is 3. The van der Waals surface area contributed by atoms with Crippen LogP contribution < -0.4 is 25.0 Å². The van der Waals surface area contributed by atoms with E-state index in [1.54, 1.807) is 7.11 Å². The zero-order chi connectivity index (χ0) is 20.6. The van der Waals surface area contributed by atoms with Crippen molar-refractivity contribution in [1.29, 1.82) is 0 Å². The van der Waals surface area contributed by atoms with E-state index in [2.05, 4.69) is 25.2 Å². The van der Waals surface area contributed by atoms with E-state index in [9.17, 15) is 8.42 Å². The van der Waals surface area contributed by atoms with Crippen molar-refractivity contribution in [3.63, 3.8) is 0 Å². The summed E-state index contributed by atoms with van der Waals surface area (Å²) in [5.41, 5.74) is 0.994. The molecule has 1 fully saturated rings. The van der Waals surface area contributed by atoms with E-state index < -0.39 is 10.0 Å². The van der Waals surface area contributed by atoms with Crippen LogP contribution in [0.2, 0.25) is 5.02 Å². The fourth-order valence-corrected chi connectivity index (χ4v) is 3.73. The SMILES string of the molecule is CCNC(=NCCCNS(C)(=O)=O)NC1CCN(c2cc(Cl)ccc2OC)C1. The summed E-state index contributed by atoms with van der Waals surface area (Å²) in [7, 11) is -1.49. The molecule has 1 aliphatic rings. The summed E-state index contributed by atoms with van der Waals surface area (Å²) in [5, 5.41) is 7.38. The summed E-state index contributed by atoms with van der Waals surface area (Å²) in [6.07, 6.45) is 2.76. The molecule has 10 heteroatoms. The number of methoxy groups -OCH3 is 1. The Labute approximate surface area is 172 Å². The minimum atomic E-state index is -3.15. The number of hydrogen-bond donors (Lipinski definition) is 3. The lowest BCUT2D eigenvalue weighted by atomic mass is 10.2. The zero-order valence-electron chi connectivity index (χ0n) is 16.7. The van der Waals surface area contributed by atoms with Crippen molar-refractivity contribution in [1.82, 2.24) is 15.4 Å². The van der Waals surface area contributed by atoms with Crippen LogP contribution in [0, 0.1) is 0 Å². The quantitative estimate of drug-likeness (QED) is 0.311. The van der Waals surface area contributed by atoms with Crippen LogP contribution in [-0.4, -0.2) is 66.5 Å². The Bertz CT molecular complexity index is 772. The minimum Gasteiger partial charge on any atom is -0.495 e. The summed E-state index contributed by atoms with van der Waals surface area (Å²) in [6.45, 7) is 5.40. The topological polar surface area (TPSA) is 95.1 Å². The summed E-state index contributed by atoms with van der Waals surface area (Å²) in [4.78, 5) is 6.79. The van der Waals surface area contributed by atoms with Gasteiger partial charge in [-0.15, -0.1) is 0 Å². The largest absolute Gasteiger partial charge is 0.495 e. The maximum absolute atomic E-state index is 11.1. The average molecular weight is 432 g/mol. The van der Waals surface area contributed by atoms with Gasteiger partial charge in [-0.1, -0.05) is 11.6 Å². The number of halogens is 1. The number of guanidine groups is 1. The first-order chi connectivity index (χ1) is 13.3. The summed E-state index contributed by atoms with van der Waals surface area (Å²) < 4.78 is 30.1. The van der Waals surface area contributed by atoms with Crippen LogP contribution >= 0.6 is 11.6 Å². The van der Waals surface area contributed by atoms with Gasteiger partial charge in [0.15, 0.2) is 5.96 Å². The maximum atomic E-state index is 11.1. The average Bonchev–Trinajstić information content (AvgIpc) is 3.09. The van der Waals surface area contributed by atoms with Gasteiger partial charge in [0.25, 0.3) is 0 Å². The number of hydrogen-bond acceptors (Lipinski definition) is 5. The van der Waals surface area contributed by atoms with Gasteiger partial charge in [-0.25, -0.2) is 13.1 Å². The van der Waals surface area contributed by atoms with Crippen LogP contribution in [0.15, 0.2) is 23.2 Å². The second-order valence-corrected chi connectivity index (χ2v) is 8.94. The molecule has 0 bridgehead atoms. The molecule has 1 atom stereocenters. The second-order valence-electron chi connectivity index (χ2n) is 6.67. The molecule has 158 valence electrons. The highest BCUT2D eigenvalue weighted by Crippen LogP contribution is 2.33. The van der Waals surface area contributed by atoms with E-state index in [4.69, 9.17) is 16.3 Å². The van der Waals surface area contributed by atoms with E-state index >= 15 is 0 Å². The Balaban J connectivity index is 1.90. The van der Waals surface area contributed by atoms with Gasteiger partial charge in [-0.3, -0.25) is 4.99 Å². The van der Waals surface area contributed by atoms with Gasteiger partial charge in [0.05, 0.1) is 19.1 Å². The number of sulfonamides is 1. The highest BCUT2D eigenvalue weighted by molar-refractivity contribution is 7.88. The predicted octanol–water partition coefficient (Wildman–Crippen LogP) is 1.42. The third-order valence-electron chi connectivity index (χ3n) is 4.32. The van der Waals surface area contributed by atoms with Gasteiger partial charge in [0.1, 0.15) is 5.75 Å². The molecule has 28 heavy (non-hydrogen) atoms. The summed E-state index contributed by atoms with van der Waals surface area (Å²) in [5.74, 6) is 1.55. The van der Waals surface area contributed by atoms with Gasteiger partial charge in [-0.05, 0) is 38.0 Å². The molecule has 0 aromatic heterocycles. The highest BCUT2D eigenvalue weighted by atomic mass is 35.5. The fourth-order valence-electron chi connectivity index (χ4n) is 3.05. The fraction of sp³-hybridized carbons (Fsp3) is 0.611. The molecular formula is C18H30ClN5O3S. The van der Waals surface area contributed by atoms with Crippen LogP contribution in [0.3, 0.4) is 0 Å². The Morgan fingerprint density at radius 2 is 2.21 bits per heavy atom. The number of benzene rings is 1. The summed E-state index contributed by atoms with van der Waals surface area (Å²) >= 11 is 6.16. The molecule has 0 spiro atoms. The Morgan fingerprint density at radius 1 is 1.43 bits per heavy atom. The molecule has 0 amide bonds. The Hall–Kier alpha value is -1.71. The van der Waals surface area contributed by atoms with Gasteiger partial charge >= 0.3 is 0 Å². The molecule has 1 unspecified atom stereocenters. The van der Waals surface area contributed by atoms with Crippen molar-refractivity contribution < 1.29 is 13.2 Å². The molecule has 1 aromatic carbocycles. The Morgan fingerprint density at radius 3 is 2.89 bits per heavy atom. The van der Waals surface area contributed by atoms with Gasteiger partial charge in [0, 0.05) is 43.8 Å². The standard InChI is InChI=1S/C18H30ClN5O3S/c1-4-20-18(21-9-5-10-22-28(3,25)26)23-15-8-11-24(13-15)16-12-14(19)6-7-17(16)27-2/h6-7,12,15,22H,4-5,8-11,13H2,1-3H3,(H2,20,21,23). The number of rotatable bonds is 9. The van der Waals surface area contributed by atoms with E-state index in [0.29, 0.717) is 24.5 Å². The molecule has 1 saturated heterocycles. The number of aliphatic imine (C=N–C) groups is 1. The van der Waals surface area contributed by atoms with Crippen LogP contribution in [-0.2, 0) is 10.0 Å². The molecular weight excluding hydrogens is 402 g/mol. The van der Waals surface area contributed by atoms with E-state index in [-0.39, 0.29) is 6.04 Å². The molecule has 1 aromatic rings. The van der Waals surface area contributed by atoms with Gasteiger partial charge < -0.3 is 20.3 Å². The first-order valence-corrected chi connectivity index (χ1v) is 11.7. The van der Waals surface area contributed by atoms with Gasteiger partial charge in [-0.2, -0.15) is 0 Å². The van der Waals surface area contributed by atoms with E-state index in [1.807, 2.05) is 25.1 Å². The highest BCUT2D eigenvalue weighted by Gasteiger charge is 2.25. The van der Waals surface area contributed by atoms with Crippen LogP contribution in [0.5, 0.6) is 5.75 Å². The van der Waals surface area contributed by atoms with Crippen LogP contribution in [0.4, 0.5) is 5.69 Å². The molecule has 2 rings (SSSR count). The van der Waals surface area contributed by atoms with Crippen molar-refractivity contribution in [2.75, 3.05) is 51.0 Å². The smallest absolute Gasteiger partial charge is 0.208 e. The molecule has 0 saturated carbocycles. The summed E-state index contributed by atoms with van der Waals surface area (Å²) in [6, 6.07) is 5.88. The van der Waals surface area contributed by atoms with Crippen molar-refractivity contribution >= 4 is 33.3 Å².